The summed E-state index contributed by atoms with van der Waals surface area (Å²) in [6.07, 6.45) is 0. The van der Waals surface area contributed by atoms with Gasteiger partial charge in [0.2, 0.25) is 0 Å². The molecule has 1 aromatic heterocycles. The minimum atomic E-state index is 0.192. The van der Waals surface area contributed by atoms with Crippen molar-refractivity contribution in [2.75, 3.05) is 6.54 Å². The Morgan fingerprint density at radius 2 is 1.94 bits per heavy atom. The van der Waals surface area contributed by atoms with Crippen LogP contribution in [-0.2, 0) is 6.54 Å². The predicted octanol–water partition coefficient (Wildman–Crippen LogP) is 4.06. The van der Waals surface area contributed by atoms with Crippen molar-refractivity contribution in [2.24, 2.45) is 5.73 Å². The molecule has 0 saturated heterocycles. The van der Waals surface area contributed by atoms with E-state index in [0.29, 0.717) is 6.54 Å². The molecule has 18 heavy (non-hydrogen) atoms. The van der Waals surface area contributed by atoms with Crippen LogP contribution in [0.3, 0.4) is 0 Å². The topological polar surface area (TPSA) is 38.0 Å². The molecule has 5 heteroatoms. The smallest absolute Gasteiger partial charge is 0.0843 e. The van der Waals surface area contributed by atoms with Crippen molar-refractivity contribution >= 4 is 43.2 Å². The van der Waals surface area contributed by atoms with Gasteiger partial charge in [-0.1, -0.05) is 30.3 Å². The summed E-state index contributed by atoms with van der Waals surface area (Å²) >= 11 is 8.73. The molecule has 0 fully saturated rings. The number of nitrogens with one attached hydrogen (secondary N) is 1. The highest BCUT2D eigenvalue weighted by atomic mass is 79.9. The fourth-order valence-corrected chi connectivity index (χ4v) is 3.85. The second-order valence-electron chi connectivity index (χ2n) is 3.93. The molecular formula is C13H14Br2N2S. The monoisotopic (exact) mass is 388 g/mol. The second kappa shape index (κ2) is 6.82. The van der Waals surface area contributed by atoms with Crippen LogP contribution in [-0.4, -0.2) is 6.54 Å². The van der Waals surface area contributed by atoms with E-state index in [1.807, 2.05) is 18.2 Å². The maximum absolute atomic E-state index is 5.84. The van der Waals surface area contributed by atoms with Crippen molar-refractivity contribution in [3.05, 3.63) is 55.1 Å². The van der Waals surface area contributed by atoms with E-state index in [1.165, 1.54) is 10.4 Å². The molecule has 3 N–H and O–H groups in total. The highest BCUT2D eigenvalue weighted by molar-refractivity contribution is 9.13. The average Bonchev–Trinajstić information content (AvgIpc) is 2.71. The zero-order chi connectivity index (χ0) is 13.0. The van der Waals surface area contributed by atoms with Gasteiger partial charge in [-0.05, 0) is 43.5 Å². The lowest BCUT2D eigenvalue weighted by Gasteiger charge is -2.15. The van der Waals surface area contributed by atoms with Crippen molar-refractivity contribution in [1.82, 2.24) is 5.32 Å². The van der Waals surface area contributed by atoms with Gasteiger partial charge >= 0.3 is 0 Å². The van der Waals surface area contributed by atoms with E-state index in [1.54, 1.807) is 11.3 Å². The molecule has 0 bridgehead atoms. The van der Waals surface area contributed by atoms with Gasteiger partial charge in [0.25, 0.3) is 0 Å². The maximum atomic E-state index is 5.84. The van der Waals surface area contributed by atoms with Crippen LogP contribution < -0.4 is 11.1 Å². The molecule has 0 amide bonds. The van der Waals surface area contributed by atoms with Crippen LogP contribution in [0.1, 0.15) is 16.5 Å². The Balaban J connectivity index is 2.02. The first kappa shape index (κ1) is 14.2. The Morgan fingerprint density at radius 3 is 2.50 bits per heavy atom. The third-order valence-electron chi connectivity index (χ3n) is 2.64. The van der Waals surface area contributed by atoms with E-state index < -0.39 is 0 Å². The minimum absolute atomic E-state index is 0.192. The van der Waals surface area contributed by atoms with Crippen LogP contribution in [0.25, 0.3) is 0 Å². The van der Waals surface area contributed by atoms with Crippen molar-refractivity contribution in [2.45, 2.75) is 12.6 Å². The van der Waals surface area contributed by atoms with Crippen LogP contribution in [0.4, 0.5) is 0 Å². The Hall–Kier alpha value is -0.200. The van der Waals surface area contributed by atoms with Gasteiger partial charge in [-0.3, -0.25) is 0 Å². The standard InChI is InChI=1S/C13H14Br2N2S/c14-10-6-12(18-13(10)15)11(7-16)17-8-9-4-2-1-3-5-9/h1-6,11,17H,7-8,16H2. The maximum Gasteiger partial charge on any atom is 0.0843 e. The number of thiophene rings is 1. The molecule has 0 aliphatic rings. The zero-order valence-corrected chi connectivity index (χ0v) is 13.7. The molecule has 96 valence electrons. The molecular weight excluding hydrogens is 376 g/mol. The molecule has 1 unspecified atom stereocenters. The number of hydrogen-bond acceptors (Lipinski definition) is 3. The lowest BCUT2D eigenvalue weighted by atomic mass is 10.2. The molecule has 0 aliphatic carbocycles. The highest BCUT2D eigenvalue weighted by Gasteiger charge is 2.13. The van der Waals surface area contributed by atoms with Crippen LogP contribution in [0, 0.1) is 0 Å². The molecule has 1 atom stereocenters. The minimum Gasteiger partial charge on any atom is -0.329 e. The summed E-state index contributed by atoms with van der Waals surface area (Å²) in [5, 5.41) is 3.49. The van der Waals surface area contributed by atoms with E-state index in [9.17, 15) is 0 Å². The molecule has 0 radical (unpaired) electrons. The molecule has 0 spiro atoms. The van der Waals surface area contributed by atoms with Gasteiger partial charge < -0.3 is 11.1 Å². The van der Waals surface area contributed by atoms with Gasteiger partial charge in [0.05, 0.1) is 9.83 Å². The number of halogens is 2. The number of benzene rings is 1. The normalized spacial score (nSPS) is 12.6. The number of nitrogens with two attached hydrogens (primary N) is 1. The molecule has 0 saturated carbocycles. The molecule has 2 nitrogen and oxygen atoms in total. The van der Waals surface area contributed by atoms with Gasteiger partial charge in [-0.25, -0.2) is 0 Å². The number of hydrogen-bond donors (Lipinski definition) is 2. The Labute approximate surface area is 128 Å². The quantitative estimate of drug-likeness (QED) is 0.808. The summed E-state index contributed by atoms with van der Waals surface area (Å²) in [6.45, 7) is 1.42. The fraction of sp³-hybridized carbons (Fsp3) is 0.231. The lowest BCUT2D eigenvalue weighted by molar-refractivity contribution is 0.549. The summed E-state index contributed by atoms with van der Waals surface area (Å²) in [5.74, 6) is 0. The average molecular weight is 390 g/mol. The lowest BCUT2D eigenvalue weighted by Crippen LogP contribution is -2.27. The Kier molecular flexibility index (Phi) is 5.38. The van der Waals surface area contributed by atoms with Crippen LogP contribution in [0.15, 0.2) is 44.7 Å². The molecule has 1 heterocycles. The first-order valence-electron chi connectivity index (χ1n) is 5.63. The third kappa shape index (κ3) is 3.65. The first-order valence-corrected chi connectivity index (χ1v) is 8.03. The molecule has 2 rings (SSSR count). The summed E-state index contributed by atoms with van der Waals surface area (Å²) in [4.78, 5) is 1.24. The Bertz CT molecular complexity index is 479. The third-order valence-corrected chi connectivity index (χ3v) is 6.01. The largest absolute Gasteiger partial charge is 0.329 e. The van der Waals surface area contributed by atoms with Crippen LogP contribution in [0.5, 0.6) is 0 Å². The predicted molar refractivity (Wildman–Crippen MR) is 84.8 cm³/mol. The van der Waals surface area contributed by atoms with E-state index in [0.717, 1.165) is 14.8 Å². The number of rotatable bonds is 5. The SMILES string of the molecule is NCC(NCc1ccccc1)c1cc(Br)c(Br)s1. The highest BCUT2D eigenvalue weighted by Crippen LogP contribution is 2.35. The van der Waals surface area contributed by atoms with E-state index >= 15 is 0 Å². The molecule has 0 aliphatic heterocycles. The zero-order valence-electron chi connectivity index (χ0n) is 9.70. The summed E-state index contributed by atoms with van der Waals surface area (Å²) in [7, 11) is 0. The summed E-state index contributed by atoms with van der Waals surface area (Å²) in [5.41, 5.74) is 7.11. The van der Waals surface area contributed by atoms with Crippen LogP contribution in [0.2, 0.25) is 0 Å². The van der Waals surface area contributed by atoms with Crippen molar-refractivity contribution < 1.29 is 0 Å². The van der Waals surface area contributed by atoms with E-state index in [4.69, 9.17) is 5.73 Å². The van der Waals surface area contributed by atoms with E-state index in [2.05, 4.69) is 55.4 Å². The van der Waals surface area contributed by atoms with E-state index in [-0.39, 0.29) is 6.04 Å². The first-order chi connectivity index (χ1) is 8.70. The van der Waals surface area contributed by atoms with Gasteiger partial charge in [0.15, 0.2) is 0 Å². The second-order valence-corrected chi connectivity index (χ2v) is 7.18. The van der Waals surface area contributed by atoms with Gasteiger partial charge in [-0.15, -0.1) is 11.3 Å². The van der Waals surface area contributed by atoms with Gasteiger partial charge in [-0.2, -0.15) is 0 Å². The molecule has 1 aromatic carbocycles. The summed E-state index contributed by atoms with van der Waals surface area (Å²) in [6, 6.07) is 12.7. The van der Waals surface area contributed by atoms with Crippen molar-refractivity contribution in [3.8, 4) is 0 Å². The van der Waals surface area contributed by atoms with Gasteiger partial charge in [0.1, 0.15) is 0 Å². The summed E-state index contributed by atoms with van der Waals surface area (Å²) < 4.78 is 2.19. The van der Waals surface area contributed by atoms with Crippen LogP contribution >= 0.6 is 43.2 Å². The Morgan fingerprint density at radius 1 is 1.22 bits per heavy atom. The van der Waals surface area contributed by atoms with Crippen molar-refractivity contribution in [1.29, 1.82) is 0 Å². The fourth-order valence-electron chi connectivity index (χ4n) is 1.67. The van der Waals surface area contributed by atoms with Gasteiger partial charge in [0, 0.05) is 22.4 Å². The molecule has 2 aromatic rings. The van der Waals surface area contributed by atoms with Crippen molar-refractivity contribution in [3.63, 3.8) is 0 Å².